The highest BCUT2D eigenvalue weighted by molar-refractivity contribution is 7.48. The molecule has 3 unspecified atom stereocenters. The monoisotopic (exact) mass is 528 g/mol. The van der Waals surface area contributed by atoms with Crippen LogP contribution in [0.3, 0.4) is 0 Å². The van der Waals surface area contributed by atoms with Gasteiger partial charge in [-0.1, -0.05) is 29.8 Å². The second kappa shape index (κ2) is 10.7. The van der Waals surface area contributed by atoms with Crippen molar-refractivity contribution in [2.75, 3.05) is 13.2 Å². The maximum atomic E-state index is 13.2. The van der Waals surface area contributed by atoms with Gasteiger partial charge in [0.15, 0.2) is 12.0 Å². The van der Waals surface area contributed by atoms with Crippen LogP contribution in [0.4, 0.5) is 0 Å². The molecule has 1 aromatic rings. The van der Waals surface area contributed by atoms with Gasteiger partial charge in [-0.15, -0.1) is 0 Å². The summed E-state index contributed by atoms with van der Waals surface area (Å²) in [6, 6.07) is 7.14. The van der Waals surface area contributed by atoms with E-state index >= 15 is 0 Å². The molecule has 3 N–H and O–H groups in total. The summed E-state index contributed by atoms with van der Waals surface area (Å²) in [6.07, 6.45) is 4.11. The lowest BCUT2D eigenvalue weighted by atomic mass is 10.1. The van der Waals surface area contributed by atoms with Crippen LogP contribution in [0.25, 0.3) is 0 Å². The molecule has 0 spiro atoms. The first-order valence-electron chi connectivity index (χ1n) is 11.3. The molecule has 35 heavy (non-hydrogen) atoms. The summed E-state index contributed by atoms with van der Waals surface area (Å²) in [6.45, 7) is 3.14. The van der Waals surface area contributed by atoms with E-state index in [1.54, 1.807) is 41.6 Å². The first kappa shape index (κ1) is 26.3. The van der Waals surface area contributed by atoms with Gasteiger partial charge in [-0.2, -0.15) is 0 Å². The molecule has 2 saturated heterocycles. The van der Waals surface area contributed by atoms with Crippen LogP contribution in [0.5, 0.6) is 0 Å². The summed E-state index contributed by atoms with van der Waals surface area (Å²) >= 11 is 6.07. The third kappa shape index (κ3) is 6.93. The predicted octanol–water partition coefficient (Wildman–Crippen LogP) is 3.76. The number of carbonyl (C=O) groups is 1. The quantitative estimate of drug-likeness (QED) is 0.382. The van der Waals surface area contributed by atoms with E-state index in [9.17, 15) is 14.5 Å². The van der Waals surface area contributed by atoms with Gasteiger partial charge in [0.2, 0.25) is 5.91 Å². The van der Waals surface area contributed by atoms with Gasteiger partial charge in [0.25, 0.3) is 0 Å². The first-order valence-corrected chi connectivity index (χ1v) is 13.2. The van der Waals surface area contributed by atoms with Crippen molar-refractivity contribution in [1.82, 2.24) is 4.90 Å². The van der Waals surface area contributed by atoms with E-state index in [1.165, 1.54) is 13.8 Å². The first-order chi connectivity index (χ1) is 16.5. The number of benzene rings is 1. The standard InChI is InChI=1S/C23H30ClN2O8P/c1-23(2,28)33-20-12-18(32-22(20)26-9-4-6-16(13-26)21(25)27)14-31-35(29)30-10-8-19(34-35)15-5-3-7-17(24)11-15/h3-5,7,9,11,13,18-20,22,28H,6,8,10,12,14H2,1-2H3,(H2,25,27)/t18?,19?,20-,22-,35?/m1/s1. The van der Waals surface area contributed by atoms with Crippen molar-refractivity contribution in [1.29, 1.82) is 0 Å². The van der Waals surface area contributed by atoms with E-state index in [0.717, 1.165) is 5.56 Å². The van der Waals surface area contributed by atoms with E-state index in [2.05, 4.69) is 0 Å². The lowest BCUT2D eigenvalue weighted by Crippen LogP contribution is -2.42. The van der Waals surface area contributed by atoms with E-state index in [-0.39, 0.29) is 13.2 Å². The number of allylic oxidation sites excluding steroid dienone is 1. The van der Waals surface area contributed by atoms with Gasteiger partial charge < -0.3 is 25.2 Å². The Hall–Kier alpha value is -1.75. The Morgan fingerprint density at radius 2 is 2.20 bits per heavy atom. The predicted molar refractivity (Wildman–Crippen MR) is 127 cm³/mol. The SMILES string of the molecule is CC(C)(O)O[C@@H]1CC(COP2(=O)OCCC(c3cccc(Cl)c3)O2)O[C@H]1N1C=CCC(C(N)=O)=C1. The van der Waals surface area contributed by atoms with Gasteiger partial charge in [-0.3, -0.25) is 18.4 Å². The summed E-state index contributed by atoms with van der Waals surface area (Å²) in [5, 5.41) is 10.8. The van der Waals surface area contributed by atoms with Crippen LogP contribution in [-0.2, 0) is 32.4 Å². The van der Waals surface area contributed by atoms with Gasteiger partial charge in [0.1, 0.15) is 6.10 Å². The number of amides is 1. The lowest BCUT2D eigenvalue weighted by Gasteiger charge is -2.33. The summed E-state index contributed by atoms with van der Waals surface area (Å²) in [5.41, 5.74) is 6.63. The number of nitrogens with two attached hydrogens (primary N) is 1. The Morgan fingerprint density at radius 3 is 2.91 bits per heavy atom. The zero-order chi connectivity index (χ0) is 25.2. The number of nitrogens with zero attached hydrogens (tertiary/aromatic N) is 1. The molecule has 3 heterocycles. The lowest BCUT2D eigenvalue weighted by molar-refractivity contribution is -0.224. The number of phosphoric acid groups is 1. The second-order valence-corrected chi connectivity index (χ2v) is 11.1. The highest BCUT2D eigenvalue weighted by atomic mass is 35.5. The molecule has 0 bridgehead atoms. The van der Waals surface area contributed by atoms with E-state index in [4.69, 9.17) is 40.4 Å². The number of primary amides is 1. The smallest absolute Gasteiger partial charge is 0.366 e. The Kier molecular flexibility index (Phi) is 8.05. The fourth-order valence-corrected chi connectivity index (χ4v) is 5.76. The molecule has 0 aromatic heterocycles. The average Bonchev–Trinajstić information content (AvgIpc) is 3.19. The molecule has 0 saturated carbocycles. The minimum Gasteiger partial charge on any atom is -0.366 e. The van der Waals surface area contributed by atoms with Crippen molar-refractivity contribution in [3.8, 4) is 0 Å². The van der Waals surface area contributed by atoms with Gasteiger partial charge in [0, 0.05) is 35.8 Å². The fourth-order valence-electron chi connectivity index (χ4n) is 4.15. The maximum Gasteiger partial charge on any atom is 0.475 e. The molecule has 4 rings (SSSR count). The molecule has 0 radical (unpaired) electrons. The number of halogens is 1. The van der Waals surface area contributed by atoms with Crippen LogP contribution >= 0.6 is 19.4 Å². The Balaban J connectivity index is 1.42. The number of aliphatic hydroxyl groups is 1. The van der Waals surface area contributed by atoms with Crippen LogP contribution in [0.1, 0.15) is 44.8 Å². The average molecular weight is 529 g/mol. The molecule has 3 aliphatic heterocycles. The zero-order valence-electron chi connectivity index (χ0n) is 19.5. The molecule has 2 fully saturated rings. The van der Waals surface area contributed by atoms with Crippen molar-refractivity contribution >= 4 is 25.3 Å². The van der Waals surface area contributed by atoms with Gasteiger partial charge >= 0.3 is 7.82 Å². The minimum atomic E-state index is -3.85. The van der Waals surface area contributed by atoms with E-state index in [0.29, 0.717) is 29.9 Å². The molecule has 12 heteroatoms. The maximum absolute atomic E-state index is 13.2. The highest BCUT2D eigenvalue weighted by Gasteiger charge is 2.44. The van der Waals surface area contributed by atoms with Crippen molar-refractivity contribution in [2.45, 2.75) is 63.4 Å². The Bertz CT molecular complexity index is 1040. The summed E-state index contributed by atoms with van der Waals surface area (Å²) < 4.78 is 41.8. The van der Waals surface area contributed by atoms with Crippen molar-refractivity contribution in [2.24, 2.45) is 5.73 Å². The molecular weight excluding hydrogens is 499 g/mol. The van der Waals surface area contributed by atoms with Crippen LogP contribution in [0.15, 0.2) is 48.3 Å². The number of phosphoric ester groups is 1. The number of hydrogen-bond acceptors (Lipinski definition) is 9. The van der Waals surface area contributed by atoms with Crippen molar-refractivity contribution in [3.63, 3.8) is 0 Å². The van der Waals surface area contributed by atoms with Crippen LogP contribution < -0.4 is 5.73 Å². The van der Waals surface area contributed by atoms with Crippen LogP contribution in [0.2, 0.25) is 5.02 Å². The van der Waals surface area contributed by atoms with Crippen LogP contribution in [-0.4, -0.2) is 53.4 Å². The van der Waals surface area contributed by atoms with E-state index < -0.39 is 44.1 Å². The molecule has 3 aliphatic rings. The molecule has 1 aromatic carbocycles. The van der Waals surface area contributed by atoms with E-state index in [1.807, 2.05) is 6.07 Å². The third-order valence-corrected chi connectivity index (χ3v) is 7.35. The highest BCUT2D eigenvalue weighted by Crippen LogP contribution is 2.57. The summed E-state index contributed by atoms with van der Waals surface area (Å²) in [7, 11) is -3.85. The van der Waals surface area contributed by atoms with Gasteiger partial charge in [-0.25, -0.2) is 4.57 Å². The molecule has 5 atom stereocenters. The summed E-state index contributed by atoms with van der Waals surface area (Å²) in [5.74, 6) is -1.96. The van der Waals surface area contributed by atoms with Gasteiger partial charge in [0.05, 0.1) is 25.4 Å². The fraction of sp³-hybridized carbons (Fsp3) is 0.522. The van der Waals surface area contributed by atoms with Crippen molar-refractivity contribution in [3.05, 3.63) is 58.9 Å². The number of ether oxygens (including phenoxy) is 2. The molecule has 1 amide bonds. The summed E-state index contributed by atoms with van der Waals surface area (Å²) in [4.78, 5) is 13.3. The molecule has 192 valence electrons. The number of rotatable bonds is 8. The number of hydrogen-bond donors (Lipinski definition) is 2. The van der Waals surface area contributed by atoms with Crippen molar-refractivity contribution < 1.29 is 37.5 Å². The second-order valence-electron chi connectivity index (χ2n) is 9.06. The minimum absolute atomic E-state index is 0.0916. The molecular formula is C23H30ClN2O8P. The topological polar surface area (TPSA) is 130 Å². The normalized spacial score (nSPS) is 31.4. The zero-order valence-corrected chi connectivity index (χ0v) is 21.2. The third-order valence-electron chi connectivity index (χ3n) is 5.64. The Labute approximate surface area is 209 Å². The number of carbonyl (C=O) groups excluding carboxylic acids is 1. The molecule has 0 aliphatic carbocycles. The Morgan fingerprint density at radius 1 is 1.40 bits per heavy atom. The van der Waals surface area contributed by atoms with Gasteiger partial charge in [-0.05, 0) is 38.0 Å². The molecule has 10 nitrogen and oxygen atoms in total. The largest absolute Gasteiger partial charge is 0.475 e. The van der Waals surface area contributed by atoms with Crippen LogP contribution in [0, 0.1) is 0 Å².